The number of carbonyl (C=O) groups excluding carboxylic acids is 1. The third-order valence-electron chi connectivity index (χ3n) is 8.71. The van der Waals surface area contributed by atoms with E-state index in [1.807, 2.05) is 21.0 Å². The summed E-state index contributed by atoms with van der Waals surface area (Å²) in [5, 5.41) is 0. The van der Waals surface area contributed by atoms with Crippen LogP contribution in [0.25, 0.3) is 0 Å². The number of Topliss-reactive ketones (excluding diaryl/α,β-unsaturated/α-hetero) is 1. The van der Waals surface area contributed by atoms with Crippen LogP contribution in [0, 0.1) is 40.4 Å². The quantitative estimate of drug-likeness (QED) is 0.622. The van der Waals surface area contributed by atoms with Gasteiger partial charge in [-0.1, -0.05) is 27.7 Å². The summed E-state index contributed by atoms with van der Waals surface area (Å²) in [5.74, 6) is 4.72. The van der Waals surface area contributed by atoms with E-state index in [-0.39, 0.29) is 5.41 Å². The third-order valence-corrected chi connectivity index (χ3v) is 8.71. The molecule has 0 bridgehead atoms. The van der Waals surface area contributed by atoms with Gasteiger partial charge in [0.05, 0.1) is 0 Å². The first-order chi connectivity index (χ1) is 12.0. The number of fused-ring (bicyclic) bond motifs is 5. The van der Waals surface area contributed by atoms with Gasteiger partial charge < -0.3 is 4.74 Å². The average molecular weight is 349 g/mol. The second-order valence-electron chi connectivity index (χ2n) is 9.75. The van der Waals surface area contributed by atoms with Crippen molar-refractivity contribution in [1.82, 2.24) is 0 Å². The highest BCUT2D eigenvalue weighted by atomic mass is 16.5. The van der Waals surface area contributed by atoms with Crippen molar-refractivity contribution < 1.29 is 9.53 Å². The molecule has 0 heterocycles. The largest absolute Gasteiger partial charge is 0.384 e. The maximum atomic E-state index is 12.5. The summed E-state index contributed by atoms with van der Waals surface area (Å²) in [6, 6.07) is 0. The van der Waals surface area contributed by atoms with E-state index in [1.165, 1.54) is 51.4 Å². The Morgan fingerprint density at radius 1 is 0.960 bits per heavy atom. The maximum absolute atomic E-state index is 12.5. The number of hydrogen-bond acceptors (Lipinski definition) is 2. The Kier molecular flexibility index (Phi) is 5.69. The van der Waals surface area contributed by atoms with Crippen LogP contribution in [-0.2, 0) is 9.53 Å². The SMILES string of the molecule is CC.COCC1CCC2C3CCC4(C)C(=O)CCC4C3CCC2(C)C1. The number of hydrogen-bond donors (Lipinski definition) is 0. The van der Waals surface area contributed by atoms with E-state index in [1.54, 1.807) is 0 Å². The number of methoxy groups -OCH3 is 1. The van der Waals surface area contributed by atoms with Gasteiger partial charge in [0, 0.05) is 25.6 Å². The van der Waals surface area contributed by atoms with Gasteiger partial charge in [-0.3, -0.25) is 4.79 Å². The fourth-order valence-electron chi connectivity index (χ4n) is 7.57. The van der Waals surface area contributed by atoms with E-state index in [9.17, 15) is 4.79 Å². The molecule has 2 heteroatoms. The molecule has 4 rings (SSSR count). The van der Waals surface area contributed by atoms with Gasteiger partial charge in [-0.2, -0.15) is 0 Å². The van der Waals surface area contributed by atoms with E-state index in [4.69, 9.17) is 4.74 Å². The molecular formula is C23H40O2. The first kappa shape index (κ1) is 19.4. The minimum atomic E-state index is 0.0438. The van der Waals surface area contributed by atoms with Gasteiger partial charge in [0.25, 0.3) is 0 Å². The van der Waals surface area contributed by atoms with Crippen molar-refractivity contribution in [1.29, 1.82) is 0 Å². The number of ether oxygens (including phenoxy) is 1. The molecule has 0 aromatic rings. The molecular weight excluding hydrogens is 308 g/mol. The molecule has 7 unspecified atom stereocenters. The van der Waals surface area contributed by atoms with Crippen molar-refractivity contribution in [2.24, 2.45) is 40.4 Å². The van der Waals surface area contributed by atoms with Crippen molar-refractivity contribution >= 4 is 5.78 Å². The summed E-state index contributed by atoms with van der Waals surface area (Å²) in [5.41, 5.74) is 0.584. The Balaban J connectivity index is 0.000000880. The van der Waals surface area contributed by atoms with Gasteiger partial charge in [-0.05, 0) is 86.4 Å². The summed E-state index contributed by atoms with van der Waals surface area (Å²) in [6.07, 6.45) is 11.4. The van der Waals surface area contributed by atoms with E-state index in [0.29, 0.717) is 17.1 Å². The highest BCUT2D eigenvalue weighted by molar-refractivity contribution is 5.87. The molecule has 4 aliphatic carbocycles. The van der Waals surface area contributed by atoms with Crippen molar-refractivity contribution in [2.75, 3.05) is 13.7 Å². The molecule has 0 aromatic carbocycles. The van der Waals surface area contributed by atoms with Crippen molar-refractivity contribution in [3.63, 3.8) is 0 Å². The van der Waals surface area contributed by atoms with Gasteiger partial charge >= 0.3 is 0 Å². The second kappa shape index (κ2) is 7.33. The van der Waals surface area contributed by atoms with Crippen LogP contribution in [-0.4, -0.2) is 19.5 Å². The zero-order chi connectivity index (χ0) is 18.2. The van der Waals surface area contributed by atoms with Crippen molar-refractivity contribution in [3.05, 3.63) is 0 Å². The smallest absolute Gasteiger partial charge is 0.139 e. The normalized spacial score (nSPS) is 48.7. The van der Waals surface area contributed by atoms with Crippen LogP contribution in [0.3, 0.4) is 0 Å². The zero-order valence-electron chi connectivity index (χ0n) is 17.3. The van der Waals surface area contributed by atoms with Crippen LogP contribution in [0.4, 0.5) is 0 Å². The lowest BCUT2D eigenvalue weighted by Gasteiger charge is -2.59. The topological polar surface area (TPSA) is 26.3 Å². The molecule has 4 fully saturated rings. The molecule has 0 N–H and O–H groups in total. The molecule has 4 saturated carbocycles. The fraction of sp³-hybridized carbons (Fsp3) is 0.957. The minimum Gasteiger partial charge on any atom is -0.384 e. The number of carbonyl (C=O) groups is 1. The monoisotopic (exact) mass is 348 g/mol. The lowest BCUT2D eigenvalue weighted by Crippen LogP contribution is -2.52. The third kappa shape index (κ3) is 3.11. The fourth-order valence-corrected chi connectivity index (χ4v) is 7.57. The van der Waals surface area contributed by atoms with Gasteiger partial charge in [-0.25, -0.2) is 0 Å². The van der Waals surface area contributed by atoms with E-state index in [0.717, 1.165) is 36.7 Å². The van der Waals surface area contributed by atoms with Crippen LogP contribution in [0.5, 0.6) is 0 Å². The predicted octanol–water partition coefficient (Wildman–Crippen LogP) is 5.89. The van der Waals surface area contributed by atoms with Crippen LogP contribution in [0.1, 0.15) is 85.5 Å². The molecule has 7 atom stereocenters. The Morgan fingerprint density at radius 2 is 1.64 bits per heavy atom. The Hall–Kier alpha value is -0.370. The van der Waals surface area contributed by atoms with Crippen molar-refractivity contribution in [2.45, 2.75) is 85.5 Å². The van der Waals surface area contributed by atoms with Crippen LogP contribution in [0.15, 0.2) is 0 Å². The van der Waals surface area contributed by atoms with Gasteiger partial charge in [-0.15, -0.1) is 0 Å². The molecule has 0 spiro atoms. The number of rotatable bonds is 2. The Bertz CT molecular complexity index is 486. The number of ketones is 1. The maximum Gasteiger partial charge on any atom is 0.139 e. The second-order valence-corrected chi connectivity index (χ2v) is 9.75. The van der Waals surface area contributed by atoms with Crippen LogP contribution in [0.2, 0.25) is 0 Å². The molecule has 0 aromatic heterocycles. The van der Waals surface area contributed by atoms with Gasteiger partial charge in [0.15, 0.2) is 0 Å². The summed E-state index contributed by atoms with van der Waals surface area (Å²) < 4.78 is 5.46. The van der Waals surface area contributed by atoms with Crippen LogP contribution < -0.4 is 0 Å². The molecule has 0 aliphatic heterocycles. The molecule has 0 saturated heterocycles. The zero-order valence-corrected chi connectivity index (χ0v) is 17.3. The Morgan fingerprint density at radius 3 is 2.36 bits per heavy atom. The lowest BCUT2D eigenvalue weighted by molar-refractivity contribution is -0.137. The highest BCUT2D eigenvalue weighted by Gasteiger charge is 2.59. The lowest BCUT2D eigenvalue weighted by atomic mass is 9.46. The van der Waals surface area contributed by atoms with Gasteiger partial charge in [0.1, 0.15) is 5.78 Å². The summed E-state index contributed by atoms with van der Waals surface area (Å²) >= 11 is 0. The van der Waals surface area contributed by atoms with E-state index >= 15 is 0 Å². The van der Waals surface area contributed by atoms with E-state index in [2.05, 4.69) is 13.8 Å². The Labute approximate surface area is 155 Å². The molecule has 0 amide bonds. The van der Waals surface area contributed by atoms with Gasteiger partial charge in [0.2, 0.25) is 0 Å². The van der Waals surface area contributed by atoms with Crippen molar-refractivity contribution in [3.8, 4) is 0 Å². The standard InChI is InChI=1S/C21H34O2.C2H6/c1-20-10-8-16-15(17(20)5-4-14(12-20)13-23-3)9-11-21(2)18(16)6-7-19(21)22;1-2/h14-18H,4-13H2,1-3H3;1-2H3. The summed E-state index contributed by atoms with van der Waals surface area (Å²) in [7, 11) is 1.85. The van der Waals surface area contributed by atoms with E-state index < -0.39 is 0 Å². The molecule has 2 nitrogen and oxygen atoms in total. The molecule has 4 aliphatic rings. The first-order valence-corrected chi connectivity index (χ1v) is 11.0. The highest BCUT2D eigenvalue weighted by Crippen LogP contribution is 2.64. The summed E-state index contributed by atoms with van der Waals surface area (Å²) in [6.45, 7) is 9.82. The molecule has 0 radical (unpaired) electrons. The molecule has 144 valence electrons. The summed E-state index contributed by atoms with van der Waals surface area (Å²) in [4.78, 5) is 12.5. The predicted molar refractivity (Wildman–Crippen MR) is 103 cm³/mol. The minimum absolute atomic E-state index is 0.0438. The molecule has 25 heavy (non-hydrogen) atoms. The average Bonchev–Trinajstić information content (AvgIpc) is 2.91. The first-order valence-electron chi connectivity index (χ1n) is 11.0. The van der Waals surface area contributed by atoms with Crippen LogP contribution >= 0.6 is 0 Å².